The van der Waals surface area contributed by atoms with Crippen LogP contribution in [0.4, 0.5) is 0 Å². The monoisotopic (exact) mass is 274 g/mol. The van der Waals surface area contributed by atoms with E-state index in [1.807, 2.05) is 0 Å². The second kappa shape index (κ2) is 5.83. The second-order valence-corrected chi connectivity index (χ2v) is 5.20. The Morgan fingerprint density at radius 3 is 2.28 bits per heavy atom. The zero-order valence-corrected chi connectivity index (χ0v) is 10.8. The first kappa shape index (κ1) is 14.5. The van der Waals surface area contributed by atoms with E-state index in [1.165, 1.54) is 24.3 Å². The molecule has 0 saturated heterocycles. The van der Waals surface area contributed by atoms with E-state index in [-0.39, 0.29) is 17.6 Å². The van der Waals surface area contributed by atoms with Gasteiger partial charge in [-0.15, -0.1) is 0 Å². The highest BCUT2D eigenvalue weighted by Crippen LogP contribution is 2.15. The lowest BCUT2D eigenvalue weighted by Crippen LogP contribution is -2.18. The van der Waals surface area contributed by atoms with Crippen LogP contribution in [0.1, 0.15) is 13.8 Å². The number of hydrogen-bond donors (Lipinski definition) is 1. The molecule has 18 heavy (non-hydrogen) atoms. The van der Waals surface area contributed by atoms with Crippen LogP contribution in [-0.2, 0) is 19.6 Å². The standard InChI is InChI=1S/C11H14O6S/c1-8(2)17-11(12)7-16-9-3-5-10(6-4-9)18(13,14)15/h3-6,8H,7H2,1-2H3,(H,13,14,15). The summed E-state index contributed by atoms with van der Waals surface area (Å²) in [6.07, 6.45) is -0.219. The molecule has 0 aromatic heterocycles. The molecule has 1 aromatic rings. The average Bonchev–Trinajstić information content (AvgIpc) is 2.25. The van der Waals surface area contributed by atoms with Gasteiger partial charge in [0.25, 0.3) is 10.1 Å². The van der Waals surface area contributed by atoms with Crippen molar-refractivity contribution in [1.29, 1.82) is 0 Å². The highest BCUT2D eigenvalue weighted by atomic mass is 32.2. The lowest BCUT2D eigenvalue weighted by atomic mass is 10.3. The van der Waals surface area contributed by atoms with E-state index in [4.69, 9.17) is 14.0 Å². The SMILES string of the molecule is CC(C)OC(=O)COc1ccc(S(=O)(=O)O)cc1. The molecule has 6 nitrogen and oxygen atoms in total. The lowest BCUT2D eigenvalue weighted by Gasteiger charge is -2.09. The van der Waals surface area contributed by atoms with Gasteiger partial charge in [-0.05, 0) is 38.1 Å². The molecule has 0 amide bonds. The van der Waals surface area contributed by atoms with Crippen molar-refractivity contribution in [3.8, 4) is 5.75 Å². The van der Waals surface area contributed by atoms with Crippen molar-refractivity contribution in [1.82, 2.24) is 0 Å². The van der Waals surface area contributed by atoms with Gasteiger partial charge in [0, 0.05) is 0 Å². The minimum Gasteiger partial charge on any atom is -0.482 e. The molecule has 0 aliphatic rings. The number of esters is 1. The largest absolute Gasteiger partial charge is 0.482 e. The van der Waals surface area contributed by atoms with Gasteiger partial charge in [-0.2, -0.15) is 8.42 Å². The highest BCUT2D eigenvalue weighted by Gasteiger charge is 2.10. The first-order valence-corrected chi connectivity index (χ1v) is 6.63. The van der Waals surface area contributed by atoms with Crippen LogP contribution in [0.3, 0.4) is 0 Å². The van der Waals surface area contributed by atoms with E-state index >= 15 is 0 Å². The van der Waals surface area contributed by atoms with Crippen LogP contribution in [0.15, 0.2) is 29.2 Å². The number of ether oxygens (including phenoxy) is 2. The first-order chi connectivity index (χ1) is 8.29. The van der Waals surface area contributed by atoms with Crippen molar-refractivity contribution < 1.29 is 27.2 Å². The summed E-state index contributed by atoms with van der Waals surface area (Å²) in [5.74, 6) is -0.202. The fraction of sp³-hybridized carbons (Fsp3) is 0.364. The van der Waals surface area contributed by atoms with Gasteiger partial charge in [-0.25, -0.2) is 4.79 Å². The molecule has 0 unspecified atom stereocenters. The summed E-state index contributed by atoms with van der Waals surface area (Å²) in [5, 5.41) is 0. The summed E-state index contributed by atoms with van der Waals surface area (Å²) < 4.78 is 40.2. The fourth-order valence-electron chi connectivity index (χ4n) is 1.15. The topological polar surface area (TPSA) is 89.9 Å². The van der Waals surface area contributed by atoms with Gasteiger partial charge in [-0.3, -0.25) is 4.55 Å². The molecule has 0 atom stereocenters. The predicted octanol–water partition coefficient (Wildman–Crippen LogP) is 1.26. The Morgan fingerprint density at radius 2 is 1.83 bits per heavy atom. The molecular weight excluding hydrogens is 260 g/mol. The summed E-state index contributed by atoms with van der Waals surface area (Å²) in [4.78, 5) is 10.9. The minimum absolute atomic E-state index is 0.219. The Hall–Kier alpha value is -1.60. The van der Waals surface area contributed by atoms with Gasteiger partial charge in [-0.1, -0.05) is 0 Å². The third-order valence-corrected chi connectivity index (χ3v) is 2.71. The maximum Gasteiger partial charge on any atom is 0.344 e. The van der Waals surface area contributed by atoms with E-state index in [0.29, 0.717) is 5.75 Å². The van der Waals surface area contributed by atoms with E-state index in [2.05, 4.69) is 0 Å². The Bertz CT molecular complexity index is 503. The van der Waals surface area contributed by atoms with Crippen molar-refractivity contribution in [3.05, 3.63) is 24.3 Å². The molecule has 0 heterocycles. The molecule has 100 valence electrons. The molecule has 0 aliphatic carbocycles. The Kier molecular flexibility index (Phi) is 4.69. The van der Waals surface area contributed by atoms with Gasteiger partial charge in [0.15, 0.2) is 6.61 Å². The minimum atomic E-state index is -4.21. The smallest absolute Gasteiger partial charge is 0.344 e. The van der Waals surface area contributed by atoms with Gasteiger partial charge in [0.1, 0.15) is 5.75 Å². The predicted molar refractivity (Wildman–Crippen MR) is 63.0 cm³/mol. The van der Waals surface area contributed by atoms with Crippen LogP contribution in [0.2, 0.25) is 0 Å². The van der Waals surface area contributed by atoms with Crippen LogP contribution < -0.4 is 4.74 Å². The molecule has 7 heteroatoms. The van der Waals surface area contributed by atoms with E-state index in [1.54, 1.807) is 13.8 Å². The Morgan fingerprint density at radius 1 is 1.28 bits per heavy atom. The number of carbonyl (C=O) groups excluding carboxylic acids is 1. The summed E-state index contributed by atoms with van der Waals surface area (Å²) in [6.45, 7) is 3.18. The Labute approximate surface area is 105 Å². The van der Waals surface area contributed by atoms with Crippen molar-refractivity contribution in [2.24, 2.45) is 0 Å². The van der Waals surface area contributed by atoms with E-state index < -0.39 is 16.1 Å². The molecule has 0 aliphatic heterocycles. The quantitative estimate of drug-likeness (QED) is 0.642. The van der Waals surface area contributed by atoms with E-state index in [0.717, 1.165) is 0 Å². The van der Waals surface area contributed by atoms with Gasteiger partial charge in [0.05, 0.1) is 11.0 Å². The highest BCUT2D eigenvalue weighted by molar-refractivity contribution is 7.85. The van der Waals surface area contributed by atoms with Crippen LogP contribution >= 0.6 is 0 Å². The van der Waals surface area contributed by atoms with Crippen molar-refractivity contribution in [2.75, 3.05) is 6.61 Å². The summed E-state index contributed by atoms with van der Waals surface area (Å²) >= 11 is 0. The number of rotatable bonds is 5. The number of benzene rings is 1. The molecule has 0 saturated carbocycles. The van der Waals surface area contributed by atoms with Crippen molar-refractivity contribution >= 4 is 16.1 Å². The molecule has 0 spiro atoms. The maximum atomic E-state index is 11.2. The summed E-state index contributed by atoms with van der Waals surface area (Å²) in [6, 6.07) is 5.04. The van der Waals surface area contributed by atoms with Crippen molar-refractivity contribution in [2.45, 2.75) is 24.8 Å². The van der Waals surface area contributed by atoms with Crippen LogP contribution in [0.25, 0.3) is 0 Å². The first-order valence-electron chi connectivity index (χ1n) is 5.19. The second-order valence-electron chi connectivity index (χ2n) is 3.77. The van der Waals surface area contributed by atoms with Crippen LogP contribution in [0.5, 0.6) is 5.75 Å². The van der Waals surface area contributed by atoms with Crippen LogP contribution in [0, 0.1) is 0 Å². The normalized spacial score (nSPS) is 11.3. The third-order valence-electron chi connectivity index (χ3n) is 1.85. The van der Waals surface area contributed by atoms with Gasteiger partial charge >= 0.3 is 5.97 Å². The molecule has 0 bridgehead atoms. The van der Waals surface area contributed by atoms with E-state index in [9.17, 15) is 13.2 Å². The summed E-state index contributed by atoms with van der Waals surface area (Å²) in [5.41, 5.74) is 0. The van der Waals surface area contributed by atoms with Crippen LogP contribution in [-0.4, -0.2) is 31.7 Å². The number of hydrogen-bond acceptors (Lipinski definition) is 5. The zero-order chi connectivity index (χ0) is 13.8. The molecule has 1 N–H and O–H groups in total. The molecule has 0 fully saturated rings. The molecule has 0 radical (unpaired) electrons. The van der Waals surface area contributed by atoms with Gasteiger partial charge < -0.3 is 9.47 Å². The molecule has 1 rings (SSSR count). The average molecular weight is 274 g/mol. The Balaban J connectivity index is 2.57. The lowest BCUT2D eigenvalue weighted by molar-refractivity contribution is -0.149. The fourth-order valence-corrected chi connectivity index (χ4v) is 1.63. The third kappa shape index (κ3) is 4.72. The molecule has 1 aromatic carbocycles. The van der Waals surface area contributed by atoms with Gasteiger partial charge in [0.2, 0.25) is 0 Å². The molecular formula is C11H14O6S. The zero-order valence-electron chi connectivity index (χ0n) is 9.99. The maximum absolute atomic E-state index is 11.2. The van der Waals surface area contributed by atoms with Crippen molar-refractivity contribution in [3.63, 3.8) is 0 Å². The summed E-state index contributed by atoms with van der Waals surface area (Å²) in [7, 11) is -4.21. The number of carbonyl (C=O) groups is 1.